The normalized spacial score (nSPS) is 13.0. The maximum atomic E-state index is 12.5. The number of ether oxygens (including phenoxy) is 1. The van der Waals surface area contributed by atoms with Crippen LogP contribution in [0.1, 0.15) is 10.4 Å². The van der Waals surface area contributed by atoms with Gasteiger partial charge in [0, 0.05) is 15.6 Å². The summed E-state index contributed by atoms with van der Waals surface area (Å²) in [4.78, 5) is 27.4. The molecular formula is C21H17ClN2O3S. The lowest BCUT2D eigenvalue weighted by Crippen LogP contribution is -2.38. The number of nitrogens with zero attached hydrogens (tertiary/aromatic N) is 1. The lowest BCUT2D eigenvalue weighted by molar-refractivity contribution is -0.121. The molecule has 28 heavy (non-hydrogen) atoms. The van der Waals surface area contributed by atoms with Crippen molar-refractivity contribution in [1.29, 1.82) is 0 Å². The molecule has 1 aliphatic heterocycles. The van der Waals surface area contributed by atoms with E-state index in [0.29, 0.717) is 35.1 Å². The van der Waals surface area contributed by atoms with E-state index in [1.807, 2.05) is 35.7 Å². The molecule has 1 aliphatic rings. The quantitative estimate of drug-likeness (QED) is 0.670. The third-order valence-corrected chi connectivity index (χ3v) is 5.63. The number of benzene rings is 2. The second kappa shape index (κ2) is 8.04. The van der Waals surface area contributed by atoms with Crippen molar-refractivity contribution in [3.63, 3.8) is 0 Å². The number of halogens is 1. The first-order valence-corrected chi connectivity index (χ1v) is 9.99. The van der Waals surface area contributed by atoms with Crippen LogP contribution in [0.5, 0.6) is 5.75 Å². The molecule has 0 saturated carbocycles. The number of hydrogen-bond donors (Lipinski definition) is 1. The molecule has 0 spiro atoms. The number of carbonyl (C=O) groups is 2. The summed E-state index contributed by atoms with van der Waals surface area (Å²) >= 11 is 7.80. The molecule has 5 nitrogen and oxygen atoms in total. The van der Waals surface area contributed by atoms with E-state index in [2.05, 4.69) is 5.32 Å². The van der Waals surface area contributed by atoms with Gasteiger partial charge in [0.25, 0.3) is 5.91 Å². The Kier molecular flexibility index (Phi) is 5.32. The van der Waals surface area contributed by atoms with Crippen LogP contribution in [0.25, 0.3) is 0 Å². The molecule has 0 atom stereocenters. The molecule has 0 saturated heterocycles. The SMILES string of the molecule is O=C(Cc1cccs1)Nc1ccc2c(c1)N(Cc1ccccc1Cl)C(=O)CO2. The molecule has 1 aromatic heterocycles. The minimum atomic E-state index is -0.158. The van der Waals surface area contributed by atoms with Gasteiger partial charge in [-0.05, 0) is 41.3 Å². The second-order valence-electron chi connectivity index (χ2n) is 6.35. The first kappa shape index (κ1) is 18.5. The lowest BCUT2D eigenvalue weighted by Gasteiger charge is -2.30. The van der Waals surface area contributed by atoms with Crippen molar-refractivity contribution < 1.29 is 14.3 Å². The average molecular weight is 413 g/mol. The number of nitrogens with one attached hydrogen (secondary N) is 1. The van der Waals surface area contributed by atoms with Crippen molar-refractivity contribution in [2.45, 2.75) is 13.0 Å². The van der Waals surface area contributed by atoms with Gasteiger partial charge in [0.1, 0.15) is 5.75 Å². The Morgan fingerprint density at radius 3 is 2.82 bits per heavy atom. The van der Waals surface area contributed by atoms with E-state index in [9.17, 15) is 9.59 Å². The van der Waals surface area contributed by atoms with Crippen molar-refractivity contribution in [2.24, 2.45) is 0 Å². The number of thiophene rings is 1. The summed E-state index contributed by atoms with van der Waals surface area (Å²) in [5.41, 5.74) is 2.07. The summed E-state index contributed by atoms with van der Waals surface area (Å²) < 4.78 is 5.54. The van der Waals surface area contributed by atoms with Gasteiger partial charge in [-0.3, -0.25) is 9.59 Å². The van der Waals surface area contributed by atoms with Gasteiger partial charge in [-0.2, -0.15) is 0 Å². The summed E-state index contributed by atoms with van der Waals surface area (Å²) in [5.74, 6) is 0.334. The molecule has 4 rings (SSSR count). The topological polar surface area (TPSA) is 58.6 Å². The van der Waals surface area contributed by atoms with Crippen molar-refractivity contribution in [1.82, 2.24) is 0 Å². The van der Waals surface area contributed by atoms with Crippen molar-refractivity contribution in [2.75, 3.05) is 16.8 Å². The molecule has 0 fully saturated rings. The van der Waals surface area contributed by atoms with Crippen LogP contribution in [0.4, 0.5) is 11.4 Å². The van der Waals surface area contributed by atoms with E-state index >= 15 is 0 Å². The Hall–Kier alpha value is -2.83. The largest absolute Gasteiger partial charge is 0.482 e. The maximum absolute atomic E-state index is 12.5. The van der Waals surface area contributed by atoms with Gasteiger partial charge in [-0.1, -0.05) is 35.9 Å². The monoisotopic (exact) mass is 412 g/mol. The third kappa shape index (κ3) is 4.03. The van der Waals surface area contributed by atoms with Gasteiger partial charge in [0.05, 0.1) is 18.7 Å². The highest BCUT2D eigenvalue weighted by molar-refractivity contribution is 7.10. The van der Waals surface area contributed by atoms with Crippen LogP contribution in [-0.4, -0.2) is 18.4 Å². The summed E-state index contributed by atoms with van der Waals surface area (Å²) in [7, 11) is 0. The Morgan fingerprint density at radius 2 is 2.04 bits per heavy atom. The minimum Gasteiger partial charge on any atom is -0.482 e. The van der Waals surface area contributed by atoms with E-state index < -0.39 is 0 Å². The zero-order valence-electron chi connectivity index (χ0n) is 14.9. The van der Waals surface area contributed by atoms with E-state index in [-0.39, 0.29) is 18.4 Å². The number of carbonyl (C=O) groups excluding carboxylic acids is 2. The molecular weight excluding hydrogens is 396 g/mol. The van der Waals surface area contributed by atoms with Crippen molar-refractivity contribution in [3.05, 3.63) is 75.4 Å². The van der Waals surface area contributed by atoms with Gasteiger partial charge in [0.2, 0.25) is 5.91 Å². The molecule has 7 heteroatoms. The van der Waals surface area contributed by atoms with Crippen LogP contribution in [0.3, 0.4) is 0 Å². The van der Waals surface area contributed by atoms with E-state index in [4.69, 9.17) is 16.3 Å². The van der Waals surface area contributed by atoms with Gasteiger partial charge in [-0.25, -0.2) is 0 Å². The fourth-order valence-corrected chi connectivity index (χ4v) is 3.93. The van der Waals surface area contributed by atoms with Crippen molar-refractivity contribution in [3.8, 4) is 5.75 Å². The van der Waals surface area contributed by atoms with Gasteiger partial charge >= 0.3 is 0 Å². The van der Waals surface area contributed by atoms with Gasteiger partial charge in [-0.15, -0.1) is 11.3 Å². The number of amides is 2. The highest BCUT2D eigenvalue weighted by Crippen LogP contribution is 2.36. The predicted octanol–water partition coefficient (Wildman–Crippen LogP) is 4.51. The Bertz CT molecular complexity index is 1020. The molecule has 2 amide bonds. The molecule has 142 valence electrons. The molecule has 0 aliphatic carbocycles. The molecule has 0 unspecified atom stereocenters. The highest BCUT2D eigenvalue weighted by atomic mass is 35.5. The standard InChI is InChI=1S/C21H17ClN2O3S/c22-17-6-2-1-4-14(17)12-24-18-10-15(7-8-19(18)27-13-21(24)26)23-20(25)11-16-5-3-9-28-16/h1-10H,11-13H2,(H,23,25). The van der Waals surface area contributed by atoms with Crippen LogP contribution < -0.4 is 15.0 Å². The van der Waals surface area contributed by atoms with Crippen LogP contribution in [-0.2, 0) is 22.6 Å². The molecule has 3 aromatic rings. The van der Waals surface area contributed by atoms with Crippen molar-refractivity contribution >= 4 is 46.1 Å². The molecule has 0 bridgehead atoms. The fraction of sp³-hybridized carbons (Fsp3) is 0.143. The molecule has 1 N–H and O–H groups in total. The molecule has 0 radical (unpaired) electrons. The smallest absolute Gasteiger partial charge is 0.265 e. The fourth-order valence-electron chi connectivity index (χ4n) is 3.03. The predicted molar refractivity (Wildman–Crippen MR) is 111 cm³/mol. The lowest BCUT2D eigenvalue weighted by atomic mass is 10.1. The van der Waals surface area contributed by atoms with Crippen LogP contribution in [0.15, 0.2) is 60.0 Å². The summed E-state index contributed by atoms with van der Waals surface area (Å²) in [6, 6.07) is 16.6. The van der Waals surface area contributed by atoms with Crippen LogP contribution in [0, 0.1) is 0 Å². The number of anilines is 2. The van der Waals surface area contributed by atoms with E-state index in [1.165, 1.54) is 0 Å². The minimum absolute atomic E-state index is 0.0263. The Morgan fingerprint density at radius 1 is 1.18 bits per heavy atom. The number of rotatable bonds is 5. The molecule has 2 heterocycles. The van der Waals surface area contributed by atoms with E-state index in [0.717, 1.165) is 10.4 Å². The van der Waals surface area contributed by atoms with Crippen LogP contribution >= 0.6 is 22.9 Å². The highest BCUT2D eigenvalue weighted by Gasteiger charge is 2.26. The Labute approximate surface area is 171 Å². The average Bonchev–Trinajstić information content (AvgIpc) is 3.18. The zero-order chi connectivity index (χ0) is 19.5. The third-order valence-electron chi connectivity index (χ3n) is 4.39. The van der Waals surface area contributed by atoms with Gasteiger partial charge in [0.15, 0.2) is 6.61 Å². The van der Waals surface area contributed by atoms with E-state index in [1.54, 1.807) is 40.5 Å². The first-order valence-electron chi connectivity index (χ1n) is 8.73. The summed E-state index contributed by atoms with van der Waals surface area (Å²) in [5, 5.41) is 5.43. The zero-order valence-corrected chi connectivity index (χ0v) is 16.4. The first-order chi connectivity index (χ1) is 13.6. The number of hydrogen-bond acceptors (Lipinski definition) is 4. The maximum Gasteiger partial charge on any atom is 0.265 e. The second-order valence-corrected chi connectivity index (χ2v) is 7.79. The number of fused-ring (bicyclic) bond motifs is 1. The summed E-state index contributed by atoms with van der Waals surface area (Å²) in [6.45, 7) is 0.309. The summed E-state index contributed by atoms with van der Waals surface area (Å²) in [6.07, 6.45) is 0.313. The van der Waals surface area contributed by atoms with Crippen LogP contribution in [0.2, 0.25) is 5.02 Å². The Balaban J connectivity index is 1.57. The molecule has 2 aromatic carbocycles. The van der Waals surface area contributed by atoms with Gasteiger partial charge < -0.3 is 15.0 Å².